The van der Waals surface area contributed by atoms with Gasteiger partial charge in [-0.2, -0.15) is 0 Å². The number of rotatable bonds is 16. The summed E-state index contributed by atoms with van der Waals surface area (Å²) >= 11 is 0. The predicted molar refractivity (Wildman–Crippen MR) is 277 cm³/mol. The normalized spacial score (nSPS) is 10.9. The second-order valence-electron chi connectivity index (χ2n) is 15.8. The van der Waals surface area contributed by atoms with E-state index in [-0.39, 0.29) is 0 Å². The van der Waals surface area contributed by atoms with Crippen LogP contribution in [0.2, 0.25) is 0 Å². The van der Waals surface area contributed by atoms with Gasteiger partial charge in [0.15, 0.2) is 0 Å². The summed E-state index contributed by atoms with van der Waals surface area (Å²) < 4.78 is 25.7. The van der Waals surface area contributed by atoms with Crippen molar-refractivity contribution in [2.24, 2.45) is 0 Å². The molecule has 10 aromatic rings. The minimum atomic E-state index is 0.547. The maximum Gasteiger partial charge on any atom is 0.133 e. The van der Waals surface area contributed by atoms with Gasteiger partial charge in [0.25, 0.3) is 0 Å². The Kier molecular flexibility index (Phi) is 13.0. The zero-order valence-corrected chi connectivity index (χ0v) is 37.1. The molecule has 0 saturated heterocycles. The van der Waals surface area contributed by atoms with E-state index >= 15 is 0 Å². The first-order valence-corrected chi connectivity index (χ1v) is 22.4. The summed E-state index contributed by atoms with van der Waals surface area (Å²) in [6, 6.07) is 89.7. The summed E-state index contributed by atoms with van der Waals surface area (Å²) in [5, 5.41) is 0. The third kappa shape index (κ3) is 10.5. The lowest BCUT2D eigenvalue weighted by Gasteiger charge is -2.26. The van der Waals surface area contributed by atoms with Gasteiger partial charge in [0.05, 0.1) is 11.4 Å². The molecule has 0 N–H and O–H groups in total. The number of benzene rings is 10. The highest BCUT2D eigenvalue weighted by molar-refractivity contribution is 5.81. The van der Waals surface area contributed by atoms with E-state index in [0.29, 0.717) is 34.5 Å². The van der Waals surface area contributed by atoms with Crippen molar-refractivity contribution in [2.45, 2.75) is 0 Å². The third-order valence-corrected chi connectivity index (χ3v) is 11.2. The molecule has 0 saturated carbocycles. The third-order valence-electron chi connectivity index (χ3n) is 11.2. The average Bonchev–Trinajstić information content (AvgIpc) is 3.40. The molecule has 0 radical (unpaired) electrons. The van der Waals surface area contributed by atoms with Crippen LogP contribution in [0.25, 0.3) is 22.3 Å². The smallest absolute Gasteiger partial charge is 0.133 e. The maximum atomic E-state index is 6.45. The molecule has 6 nitrogen and oxygen atoms in total. The van der Waals surface area contributed by atoms with Crippen molar-refractivity contribution in [3.8, 4) is 56.8 Å². The van der Waals surface area contributed by atoms with Crippen molar-refractivity contribution in [3.63, 3.8) is 0 Å². The van der Waals surface area contributed by atoms with E-state index in [2.05, 4.69) is 131 Å². The maximum absolute atomic E-state index is 6.45. The van der Waals surface area contributed by atoms with Gasteiger partial charge in [0.1, 0.15) is 47.0 Å². The molecule has 328 valence electrons. The van der Waals surface area contributed by atoms with E-state index in [1.165, 1.54) is 12.5 Å². The van der Waals surface area contributed by atoms with Crippen molar-refractivity contribution < 1.29 is 18.9 Å². The number of para-hydroxylation sites is 4. The molecule has 0 atom stereocenters. The summed E-state index contributed by atoms with van der Waals surface area (Å²) in [7, 11) is 0. The Balaban J connectivity index is 0.978. The van der Waals surface area contributed by atoms with Crippen LogP contribution in [-0.2, 0) is 0 Å². The highest BCUT2D eigenvalue weighted by atomic mass is 16.5. The largest absolute Gasteiger partial charge is 0.462 e. The summed E-state index contributed by atoms with van der Waals surface area (Å²) in [5.41, 5.74) is 10.2. The second-order valence-corrected chi connectivity index (χ2v) is 15.8. The van der Waals surface area contributed by atoms with E-state index in [4.69, 9.17) is 18.9 Å². The molecular formula is C62H46N2O4. The fraction of sp³-hybridized carbons (Fsp3) is 0. The fourth-order valence-corrected chi connectivity index (χ4v) is 8.00. The van der Waals surface area contributed by atoms with E-state index in [0.717, 1.165) is 56.4 Å². The minimum absolute atomic E-state index is 0.547. The molecule has 0 aliphatic heterocycles. The summed E-state index contributed by atoms with van der Waals surface area (Å²) in [4.78, 5) is 4.38. The van der Waals surface area contributed by atoms with Gasteiger partial charge in [0.2, 0.25) is 0 Å². The predicted octanol–water partition coefficient (Wildman–Crippen LogP) is 17.5. The van der Waals surface area contributed by atoms with E-state index in [1.54, 1.807) is 0 Å². The molecule has 0 aromatic heterocycles. The standard InChI is InChI=1S/C62H46N2O4/c1-7-19-47(20-8-1)49-31-35-53(36-32-49)63(51-23-11-3-12-24-51)55-41-59(45-61(43-55)67-57-27-15-5-16-28-57)65-39-40-66-60-42-56(44-62(46-60)68-58-29-17-6-18-30-58)64(52-25-13-4-14-26-52)54-37-33-50(34-38-54)48-21-9-2-10-22-48/h1-46H. The van der Waals surface area contributed by atoms with Crippen molar-refractivity contribution in [1.82, 2.24) is 0 Å². The first-order chi connectivity index (χ1) is 33.7. The van der Waals surface area contributed by atoms with Crippen LogP contribution in [-0.4, -0.2) is 0 Å². The van der Waals surface area contributed by atoms with Gasteiger partial charge < -0.3 is 28.7 Å². The van der Waals surface area contributed by atoms with Crippen LogP contribution < -0.4 is 28.7 Å². The Morgan fingerprint density at radius 2 is 0.500 bits per heavy atom. The first kappa shape index (κ1) is 42.7. The Morgan fingerprint density at radius 1 is 0.221 bits per heavy atom. The summed E-state index contributed by atoms with van der Waals surface area (Å²) in [5.74, 6) is 3.72. The van der Waals surface area contributed by atoms with Crippen LogP contribution in [0.1, 0.15) is 0 Å². The molecule has 0 heterocycles. The highest BCUT2D eigenvalue weighted by Crippen LogP contribution is 2.42. The zero-order chi connectivity index (χ0) is 45.7. The molecule has 10 aromatic carbocycles. The SMILES string of the molecule is C(=COc1cc(Oc2ccccc2)cc(N(c2ccccc2)c2ccc(-c3ccccc3)cc2)c1)Oc1cc(Oc2ccccc2)cc(N(c2ccccc2)c2ccc(-c3ccccc3)cc2)c1. The van der Waals surface area contributed by atoms with E-state index < -0.39 is 0 Å². The van der Waals surface area contributed by atoms with Crippen molar-refractivity contribution in [3.05, 3.63) is 279 Å². The van der Waals surface area contributed by atoms with Gasteiger partial charge >= 0.3 is 0 Å². The molecule has 6 heteroatoms. The Hall–Kier alpha value is -9.26. The summed E-state index contributed by atoms with van der Waals surface area (Å²) in [6.07, 6.45) is 3.07. The van der Waals surface area contributed by atoms with Crippen molar-refractivity contribution >= 4 is 34.1 Å². The number of hydrogen-bond acceptors (Lipinski definition) is 6. The number of nitrogens with zero attached hydrogens (tertiary/aromatic N) is 2. The van der Waals surface area contributed by atoms with Gasteiger partial charge in [0, 0.05) is 59.1 Å². The van der Waals surface area contributed by atoms with Crippen LogP contribution in [0.15, 0.2) is 279 Å². The molecular weight excluding hydrogens is 837 g/mol. The van der Waals surface area contributed by atoms with Crippen LogP contribution >= 0.6 is 0 Å². The van der Waals surface area contributed by atoms with Gasteiger partial charge in [-0.05, 0) is 95.1 Å². The van der Waals surface area contributed by atoms with E-state index in [9.17, 15) is 0 Å². The van der Waals surface area contributed by atoms with Crippen molar-refractivity contribution in [1.29, 1.82) is 0 Å². The molecule has 68 heavy (non-hydrogen) atoms. The van der Waals surface area contributed by atoms with Crippen LogP contribution in [0.4, 0.5) is 34.1 Å². The molecule has 0 amide bonds. The Morgan fingerprint density at radius 3 is 0.853 bits per heavy atom. The number of ether oxygens (including phenoxy) is 4. The van der Waals surface area contributed by atoms with Crippen LogP contribution in [0.3, 0.4) is 0 Å². The molecule has 0 aliphatic carbocycles. The topological polar surface area (TPSA) is 43.4 Å². The Labute approximate surface area is 397 Å². The molecule has 0 aliphatic rings. The number of hydrogen-bond donors (Lipinski definition) is 0. The van der Waals surface area contributed by atoms with Crippen LogP contribution in [0, 0.1) is 0 Å². The average molecular weight is 883 g/mol. The van der Waals surface area contributed by atoms with Gasteiger partial charge in [-0.1, -0.05) is 158 Å². The molecule has 0 spiro atoms. The molecule has 0 unspecified atom stereocenters. The molecule has 0 fully saturated rings. The minimum Gasteiger partial charge on any atom is -0.462 e. The molecule has 0 bridgehead atoms. The monoisotopic (exact) mass is 882 g/mol. The van der Waals surface area contributed by atoms with Gasteiger partial charge in [-0.3, -0.25) is 0 Å². The highest BCUT2D eigenvalue weighted by Gasteiger charge is 2.18. The summed E-state index contributed by atoms with van der Waals surface area (Å²) in [6.45, 7) is 0. The lowest BCUT2D eigenvalue weighted by molar-refractivity contribution is 0.415. The van der Waals surface area contributed by atoms with E-state index in [1.807, 2.05) is 146 Å². The molecule has 10 rings (SSSR count). The zero-order valence-electron chi connectivity index (χ0n) is 37.1. The first-order valence-electron chi connectivity index (χ1n) is 22.4. The second kappa shape index (κ2) is 20.7. The van der Waals surface area contributed by atoms with Gasteiger partial charge in [-0.25, -0.2) is 0 Å². The Bertz CT molecular complexity index is 2970. The number of anilines is 6. The van der Waals surface area contributed by atoms with Crippen molar-refractivity contribution in [2.75, 3.05) is 9.80 Å². The van der Waals surface area contributed by atoms with Crippen LogP contribution in [0.5, 0.6) is 34.5 Å². The quantitative estimate of drug-likeness (QED) is 0.0901. The fourth-order valence-electron chi connectivity index (χ4n) is 8.00. The van der Waals surface area contributed by atoms with Gasteiger partial charge in [-0.15, -0.1) is 0 Å². The lowest BCUT2D eigenvalue weighted by atomic mass is 10.0. The lowest BCUT2D eigenvalue weighted by Crippen LogP contribution is -2.10.